The second kappa shape index (κ2) is 6.98. The lowest BCUT2D eigenvalue weighted by Crippen LogP contribution is -2.22. The van der Waals surface area contributed by atoms with Gasteiger partial charge in [0, 0.05) is 29.0 Å². The third kappa shape index (κ3) is 3.45. The molecule has 2 aliphatic rings. The number of fused-ring (bicyclic) bond motifs is 3. The molecule has 130 valence electrons. The second-order valence-electron chi connectivity index (χ2n) is 6.67. The van der Waals surface area contributed by atoms with Crippen LogP contribution in [0.25, 0.3) is 17.3 Å². The summed E-state index contributed by atoms with van der Waals surface area (Å²) in [6, 6.07) is 6.70. The fourth-order valence-corrected chi connectivity index (χ4v) is 4.72. The first kappa shape index (κ1) is 16.3. The molecule has 1 aromatic heterocycles. The van der Waals surface area contributed by atoms with Gasteiger partial charge in [0.1, 0.15) is 0 Å². The molecule has 4 rings (SSSR count). The van der Waals surface area contributed by atoms with Crippen molar-refractivity contribution >= 4 is 28.5 Å². The van der Waals surface area contributed by atoms with Gasteiger partial charge >= 0.3 is 0 Å². The number of anilines is 1. The van der Waals surface area contributed by atoms with Gasteiger partial charge in [0.15, 0.2) is 5.13 Å². The molecule has 25 heavy (non-hydrogen) atoms. The van der Waals surface area contributed by atoms with E-state index in [1.165, 1.54) is 54.2 Å². The third-order valence-corrected chi connectivity index (χ3v) is 5.89. The number of nitrogens with zero attached hydrogens (tertiary/aromatic N) is 1. The van der Waals surface area contributed by atoms with E-state index in [0.29, 0.717) is 6.04 Å². The van der Waals surface area contributed by atoms with Gasteiger partial charge in [-0.05, 0) is 30.0 Å². The Hall–Kier alpha value is -2.18. The molecule has 5 nitrogen and oxygen atoms in total. The van der Waals surface area contributed by atoms with Crippen molar-refractivity contribution in [3.8, 4) is 11.3 Å². The molecule has 3 N–H and O–H groups in total. The average molecular weight is 355 g/mol. The number of hydroxylamine groups is 1. The van der Waals surface area contributed by atoms with Gasteiger partial charge in [-0.15, -0.1) is 11.3 Å². The molecular formula is C19H21N3O2S. The van der Waals surface area contributed by atoms with E-state index >= 15 is 0 Å². The van der Waals surface area contributed by atoms with Crippen molar-refractivity contribution < 1.29 is 10.0 Å². The van der Waals surface area contributed by atoms with Crippen molar-refractivity contribution in [3.63, 3.8) is 0 Å². The van der Waals surface area contributed by atoms with Crippen LogP contribution in [0.2, 0.25) is 0 Å². The zero-order valence-corrected chi connectivity index (χ0v) is 14.7. The fourth-order valence-electron chi connectivity index (χ4n) is 3.64. The first-order valence-electron chi connectivity index (χ1n) is 8.74. The van der Waals surface area contributed by atoms with E-state index < -0.39 is 5.91 Å². The van der Waals surface area contributed by atoms with Gasteiger partial charge in [0.2, 0.25) is 0 Å². The maximum atomic E-state index is 11.1. The Morgan fingerprint density at radius 3 is 2.92 bits per heavy atom. The lowest BCUT2D eigenvalue weighted by molar-refractivity contribution is -0.124. The van der Waals surface area contributed by atoms with Crippen molar-refractivity contribution in [2.24, 2.45) is 0 Å². The largest absolute Gasteiger partial charge is 0.359 e. The van der Waals surface area contributed by atoms with E-state index in [4.69, 9.17) is 10.2 Å². The number of carbonyl (C=O) groups excluding carboxylic acids is 1. The molecule has 0 spiro atoms. The topological polar surface area (TPSA) is 74.2 Å². The Morgan fingerprint density at radius 2 is 2.12 bits per heavy atom. The van der Waals surface area contributed by atoms with E-state index in [1.807, 2.05) is 6.07 Å². The highest BCUT2D eigenvalue weighted by atomic mass is 32.1. The summed E-state index contributed by atoms with van der Waals surface area (Å²) in [7, 11) is 0. The third-order valence-electron chi connectivity index (χ3n) is 4.90. The van der Waals surface area contributed by atoms with Crippen molar-refractivity contribution in [1.29, 1.82) is 0 Å². The van der Waals surface area contributed by atoms with E-state index in [0.717, 1.165) is 22.8 Å². The summed E-state index contributed by atoms with van der Waals surface area (Å²) < 4.78 is 0. The number of hydrogen-bond acceptors (Lipinski definition) is 5. The molecule has 0 aliphatic heterocycles. The Bertz CT molecular complexity index is 822. The van der Waals surface area contributed by atoms with E-state index in [-0.39, 0.29) is 0 Å². The molecule has 1 saturated carbocycles. The summed E-state index contributed by atoms with van der Waals surface area (Å²) >= 11 is 1.76. The molecule has 0 atom stereocenters. The van der Waals surface area contributed by atoms with E-state index in [1.54, 1.807) is 22.9 Å². The molecule has 0 bridgehead atoms. The monoisotopic (exact) mass is 355 g/mol. The van der Waals surface area contributed by atoms with Crippen LogP contribution < -0.4 is 10.8 Å². The molecule has 1 fully saturated rings. The minimum atomic E-state index is -0.528. The number of carbonyl (C=O) groups is 1. The molecule has 1 aromatic carbocycles. The van der Waals surface area contributed by atoms with Crippen LogP contribution >= 0.6 is 11.3 Å². The van der Waals surface area contributed by atoms with Gasteiger partial charge in [0.25, 0.3) is 5.91 Å². The van der Waals surface area contributed by atoms with E-state index in [9.17, 15) is 4.79 Å². The fraction of sp³-hybridized carbons (Fsp3) is 0.368. The molecule has 2 aliphatic carbocycles. The lowest BCUT2D eigenvalue weighted by atomic mass is 9.96. The predicted molar refractivity (Wildman–Crippen MR) is 99.8 cm³/mol. The van der Waals surface area contributed by atoms with Crippen LogP contribution in [0.4, 0.5) is 5.13 Å². The highest BCUT2D eigenvalue weighted by Crippen LogP contribution is 2.42. The van der Waals surface area contributed by atoms with Gasteiger partial charge < -0.3 is 5.32 Å². The number of aromatic nitrogens is 1. The summed E-state index contributed by atoms with van der Waals surface area (Å²) in [5, 5.41) is 13.2. The predicted octanol–water partition coefficient (Wildman–Crippen LogP) is 3.98. The first-order valence-corrected chi connectivity index (χ1v) is 9.56. The quantitative estimate of drug-likeness (QED) is 0.376. The summed E-state index contributed by atoms with van der Waals surface area (Å²) in [6.07, 6.45) is 10.4. The molecule has 0 radical (unpaired) electrons. The summed E-state index contributed by atoms with van der Waals surface area (Å²) in [5.41, 5.74) is 6.06. The van der Waals surface area contributed by atoms with Crippen LogP contribution in [0.5, 0.6) is 0 Å². The van der Waals surface area contributed by atoms with Crippen LogP contribution in [0, 0.1) is 0 Å². The van der Waals surface area contributed by atoms with Gasteiger partial charge in [-0.2, -0.15) is 0 Å². The smallest absolute Gasteiger partial charge is 0.267 e. The van der Waals surface area contributed by atoms with Gasteiger partial charge in [-0.25, -0.2) is 10.5 Å². The van der Waals surface area contributed by atoms with Crippen molar-refractivity contribution in [2.45, 2.75) is 44.6 Å². The van der Waals surface area contributed by atoms with Crippen molar-refractivity contribution in [2.75, 3.05) is 5.32 Å². The SMILES string of the molecule is O=C(/C=C/c1ccc2c(c1)Cc1sc(NC3CCCCC3)nc1-2)NO. The van der Waals surface area contributed by atoms with Gasteiger partial charge in [-0.1, -0.05) is 37.5 Å². The molecule has 6 heteroatoms. The Morgan fingerprint density at radius 1 is 1.28 bits per heavy atom. The highest BCUT2D eigenvalue weighted by molar-refractivity contribution is 7.16. The standard InChI is InChI=1S/C19H21N3O2S/c23-17(22-24)9-7-12-6-8-15-13(10-12)11-16-18(15)21-19(25-16)20-14-4-2-1-3-5-14/h6-10,14,24H,1-5,11H2,(H,20,21)(H,22,23)/b9-7+. The van der Waals surface area contributed by atoms with E-state index in [2.05, 4.69) is 17.4 Å². The van der Waals surface area contributed by atoms with Gasteiger partial charge in [0.05, 0.1) is 5.69 Å². The number of thiazole rings is 1. The van der Waals surface area contributed by atoms with Crippen molar-refractivity contribution in [1.82, 2.24) is 10.5 Å². The first-order chi connectivity index (χ1) is 12.2. The minimum Gasteiger partial charge on any atom is -0.359 e. The lowest BCUT2D eigenvalue weighted by Gasteiger charge is -2.22. The number of benzene rings is 1. The zero-order chi connectivity index (χ0) is 17.2. The van der Waals surface area contributed by atoms with Crippen LogP contribution in [-0.4, -0.2) is 22.1 Å². The number of nitrogens with one attached hydrogen (secondary N) is 2. The highest BCUT2D eigenvalue weighted by Gasteiger charge is 2.24. The minimum absolute atomic E-state index is 0.528. The number of hydrogen-bond donors (Lipinski definition) is 3. The summed E-state index contributed by atoms with van der Waals surface area (Å²) in [4.78, 5) is 17.2. The van der Waals surface area contributed by atoms with Crippen LogP contribution in [-0.2, 0) is 11.2 Å². The molecule has 0 saturated heterocycles. The number of amides is 1. The maximum absolute atomic E-state index is 11.1. The Balaban J connectivity index is 1.51. The summed E-state index contributed by atoms with van der Waals surface area (Å²) in [5.74, 6) is -0.528. The van der Waals surface area contributed by atoms with Crippen LogP contribution in [0.1, 0.15) is 48.1 Å². The van der Waals surface area contributed by atoms with Gasteiger partial charge in [-0.3, -0.25) is 10.0 Å². The number of rotatable bonds is 4. The molecule has 0 unspecified atom stereocenters. The molecule has 1 amide bonds. The Labute approximate surface area is 150 Å². The Kier molecular flexibility index (Phi) is 4.55. The zero-order valence-electron chi connectivity index (χ0n) is 13.9. The van der Waals surface area contributed by atoms with Crippen molar-refractivity contribution in [3.05, 3.63) is 40.3 Å². The molecule has 1 heterocycles. The summed E-state index contributed by atoms with van der Waals surface area (Å²) in [6.45, 7) is 0. The molecule has 2 aromatic rings. The van der Waals surface area contributed by atoms with Crippen LogP contribution in [0.15, 0.2) is 24.3 Å². The second-order valence-corrected chi connectivity index (χ2v) is 7.76. The average Bonchev–Trinajstić information content (AvgIpc) is 3.17. The maximum Gasteiger partial charge on any atom is 0.267 e. The normalized spacial score (nSPS) is 16.7. The van der Waals surface area contributed by atoms with Crippen LogP contribution in [0.3, 0.4) is 0 Å². The molecular weight excluding hydrogens is 334 g/mol.